The minimum Gasteiger partial charge on any atom is -0.388 e. The summed E-state index contributed by atoms with van der Waals surface area (Å²) in [5.41, 5.74) is -0.820. The fourth-order valence-corrected chi connectivity index (χ4v) is 1.40. The number of ether oxygens (including phenoxy) is 1. The van der Waals surface area contributed by atoms with E-state index in [1.165, 1.54) is 0 Å². The van der Waals surface area contributed by atoms with Crippen LogP contribution in [0.5, 0.6) is 0 Å². The molecule has 0 aromatic heterocycles. The van der Waals surface area contributed by atoms with E-state index < -0.39 is 11.0 Å². The standard InChI is InChI=1S/C9H16ClNO3/c1-7(10)8(12)11-6-9(13)2-4-14-5-3-9/h7,13H,2-6H2,1H3,(H,11,12). The molecule has 0 spiro atoms. The zero-order valence-corrected chi connectivity index (χ0v) is 9.01. The van der Waals surface area contributed by atoms with Crippen molar-refractivity contribution in [3.05, 3.63) is 0 Å². The van der Waals surface area contributed by atoms with Gasteiger partial charge in [0.1, 0.15) is 5.38 Å². The van der Waals surface area contributed by atoms with Crippen molar-refractivity contribution < 1.29 is 14.6 Å². The molecule has 1 saturated heterocycles. The lowest BCUT2D eigenvalue weighted by molar-refractivity contribution is -0.123. The van der Waals surface area contributed by atoms with Gasteiger partial charge in [0, 0.05) is 32.6 Å². The molecule has 1 unspecified atom stereocenters. The minimum atomic E-state index is -0.820. The summed E-state index contributed by atoms with van der Waals surface area (Å²) in [6.07, 6.45) is 1.12. The molecule has 0 radical (unpaired) electrons. The van der Waals surface area contributed by atoms with Crippen LogP contribution in [0.4, 0.5) is 0 Å². The number of halogens is 1. The van der Waals surface area contributed by atoms with Crippen LogP contribution in [0.15, 0.2) is 0 Å². The van der Waals surface area contributed by atoms with Gasteiger partial charge in [0.15, 0.2) is 0 Å². The molecule has 4 nitrogen and oxygen atoms in total. The molecule has 0 aromatic carbocycles. The number of rotatable bonds is 3. The molecule has 1 aliphatic rings. The van der Waals surface area contributed by atoms with Crippen molar-refractivity contribution >= 4 is 17.5 Å². The number of alkyl halides is 1. The van der Waals surface area contributed by atoms with Crippen molar-refractivity contribution in [2.75, 3.05) is 19.8 Å². The van der Waals surface area contributed by atoms with Crippen LogP contribution in [0.25, 0.3) is 0 Å². The molecule has 0 saturated carbocycles. The SMILES string of the molecule is CC(Cl)C(=O)NCC1(O)CCOCC1. The molecule has 82 valence electrons. The fourth-order valence-electron chi connectivity index (χ4n) is 1.32. The number of aliphatic hydroxyl groups is 1. The molecular weight excluding hydrogens is 206 g/mol. The summed E-state index contributed by atoms with van der Waals surface area (Å²) >= 11 is 5.57. The second-order valence-corrected chi connectivity index (χ2v) is 4.33. The van der Waals surface area contributed by atoms with Crippen LogP contribution in [-0.4, -0.2) is 41.8 Å². The van der Waals surface area contributed by atoms with E-state index in [0.717, 1.165) is 0 Å². The molecule has 1 rings (SSSR count). The van der Waals surface area contributed by atoms with Crippen molar-refractivity contribution in [1.29, 1.82) is 0 Å². The summed E-state index contributed by atoms with van der Waals surface area (Å²) in [7, 11) is 0. The third-order valence-corrected chi connectivity index (χ3v) is 2.57. The van der Waals surface area contributed by atoms with Gasteiger partial charge in [-0.1, -0.05) is 0 Å². The summed E-state index contributed by atoms with van der Waals surface area (Å²) in [5.74, 6) is -0.244. The van der Waals surface area contributed by atoms with E-state index in [-0.39, 0.29) is 12.5 Å². The van der Waals surface area contributed by atoms with Crippen LogP contribution in [0.1, 0.15) is 19.8 Å². The molecular formula is C9H16ClNO3. The molecule has 1 heterocycles. The van der Waals surface area contributed by atoms with E-state index in [4.69, 9.17) is 16.3 Å². The predicted molar refractivity (Wildman–Crippen MR) is 53.3 cm³/mol. The third-order valence-electron chi connectivity index (χ3n) is 2.38. The zero-order chi connectivity index (χ0) is 10.6. The Kier molecular flexibility index (Phi) is 4.16. The van der Waals surface area contributed by atoms with E-state index in [2.05, 4.69) is 5.32 Å². The Morgan fingerprint density at radius 1 is 1.64 bits per heavy atom. The van der Waals surface area contributed by atoms with Gasteiger partial charge in [-0.3, -0.25) is 4.79 Å². The van der Waals surface area contributed by atoms with Crippen molar-refractivity contribution in [3.8, 4) is 0 Å². The van der Waals surface area contributed by atoms with Gasteiger partial charge >= 0.3 is 0 Å². The van der Waals surface area contributed by atoms with Gasteiger partial charge in [0.2, 0.25) is 5.91 Å². The van der Waals surface area contributed by atoms with Crippen LogP contribution in [-0.2, 0) is 9.53 Å². The van der Waals surface area contributed by atoms with Gasteiger partial charge in [-0.15, -0.1) is 11.6 Å². The highest BCUT2D eigenvalue weighted by Crippen LogP contribution is 2.19. The summed E-state index contributed by atoms with van der Waals surface area (Å²) in [6, 6.07) is 0. The van der Waals surface area contributed by atoms with E-state index in [9.17, 15) is 9.90 Å². The quantitative estimate of drug-likeness (QED) is 0.673. The molecule has 1 aliphatic heterocycles. The summed E-state index contributed by atoms with van der Waals surface area (Å²) < 4.78 is 5.12. The van der Waals surface area contributed by atoms with Crippen LogP contribution < -0.4 is 5.32 Å². The van der Waals surface area contributed by atoms with E-state index in [1.54, 1.807) is 6.92 Å². The van der Waals surface area contributed by atoms with Crippen molar-refractivity contribution in [2.45, 2.75) is 30.7 Å². The highest BCUT2D eigenvalue weighted by atomic mass is 35.5. The Labute approximate surface area is 88.6 Å². The Balaban J connectivity index is 2.32. The maximum Gasteiger partial charge on any atom is 0.237 e. The first-order valence-corrected chi connectivity index (χ1v) is 5.19. The number of nitrogens with one attached hydrogen (secondary N) is 1. The zero-order valence-electron chi connectivity index (χ0n) is 8.25. The monoisotopic (exact) mass is 221 g/mol. The van der Waals surface area contributed by atoms with Gasteiger partial charge < -0.3 is 15.2 Å². The average molecular weight is 222 g/mol. The summed E-state index contributed by atoms with van der Waals surface area (Å²) in [4.78, 5) is 11.1. The van der Waals surface area contributed by atoms with Gasteiger partial charge in [-0.2, -0.15) is 0 Å². The number of amides is 1. The lowest BCUT2D eigenvalue weighted by Crippen LogP contribution is -2.47. The molecule has 2 N–H and O–H groups in total. The Bertz CT molecular complexity index is 202. The lowest BCUT2D eigenvalue weighted by atomic mass is 9.94. The first-order valence-electron chi connectivity index (χ1n) is 4.75. The molecule has 0 bridgehead atoms. The van der Waals surface area contributed by atoms with Crippen molar-refractivity contribution in [3.63, 3.8) is 0 Å². The van der Waals surface area contributed by atoms with Crippen molar-refractivity contribution in [1.82, 2.24) is 5.32 Å². The summed E-state index contributed by atoms with van der Waals surface area (Å²) in [6.45, 7) is 2.95. The fraction of sp³-hybridized carbons (Fsp3) is 0.889. The first kappa shape index (κ1) is 11.8. The first-order chi connectivity index (χ1) is 6.53. The topological polar surface area (TPSA) is 58.6 Å². The predicted octanol–water partition coefficient (Wildman–Crippen LogP) is 0.271. The molecule has 0 aliphatic carbocycles. The minimum absolute atomic E-state index is 0.244. The molecule has 1 atom stereocenters. The number of hydrogen-bond acceptors (Lipinski definition) is 3. The normalized spacial score (nSPS) is 22.8. The molecule has 14 heavy (non-hydrogen) atoms. The van der Waals surface area contributed by atoms with Gasteiger partial charge in [-0.25, -0.2) is 0 Å². The van der Waals surface area contributed by atoms with Crippen LogP contribution in [0, 0.1) is 0 Å². The second-order valence-electron chi connectivity index (χ2n) is 3.67. The molecule has 1 fully saturated rings. The van der Waals surface area contributed by atoms with Crippen LogP contribution >= 0.6 is 11.6 Å². The Morgan fingerprint density at radius 2 is 2.21 bits per heavy atom. The van der Waals surface area contributed by atoms with Gasteiger partial charge in [0.25, 0.3) is 0 Å². The third kappa shape index (κ3) is 3.44. The number of carbonyl (C=O) groups is 1. The van der Waals surface area contributed by atoms with Gasteiger partial charge in [0.05, 0.1) is 5.60 Å². The van der Waals surface area contributed by atoms with Crippen LogP contribution in [0.2, 0.25) is 0 Å². The van der Waals surface area contributed by atoms with E-state index in [1.807, 2.05) is 0 Å². The van der Waals surface area contributed by atoms with E-state index >= 15 is 0 Å². The maximum absolute atomic E-state index is 11.1. The molecule has 0 aromatic rings. The lowest BCUT2D eigenvalue weighted by Gasteiger charge is -2.32. The average Bonchev–Trinajstić information content (AvgIpc) is 2.15. The summed E-state index contributed by atoms with van der Waals surface area (Å²) in [5, 5.41) is 12.0. The Morgan fingerprint density at radius 3 is 2.71 bits per heavy atom. The van der Waals surface area contributed by atoms with E-state index in [0.29, 0.717) is 26.1 Å². The molecule has 1 amide bonds. The highest BCUT2D eigenvalue weighted by molar-refractivity contribution is 6.30. The molecule has 5 heteroatoms. The smallest absolute Gasteiger partial charge is 0.237 e. The Hall–Kier alpha value is -0.320. The number of hydrogen-bond donors (Lipinski definition) is 2. The van der Waals surface area contributed by atoms with Crippen molar-refractivity contribution in [2.24, 2.45) is 0 Å². The maximum atomic E-state index is 11.1. The van der Waals surface area contributed by atoms with Gasteiger partial charge in [-0.05, 0) is 6.92 Å². The number of carbonyl (C=O) groups excluding carboxylic acids is 1. The van der Waals surface area contributed by atoms with Crippen LogP contribution in [0.3, 0.4) is 0 Å². The second kappa shape index (κ2) is 4.96. The largest absolute Gasteiger partial charge is 0.388 e. The highest BCUT2D eigenvalue weighted by Gasteiger charge is 2.30.